The number of carbonyl (C=O) groups is 1. The van der Waals surface area contributed by atoms with Crippen LogP contribution in [0.15, 0.2) is 46.8 Å². The standard InChI is InChI=1S/C33H25ClFN7O3S/c1-19-39-26-13-38-30(41-17-33(18-41)15-40(16-33)10-7-35)24(12-36)27(26)31(43)42(19)9-2-3-20-4-5-21(34)11-23(20)22-6-8-37-28-25(32(44)45)14-46-29(22)28/h4-6,8,11,13-14H,7,9-10,15-18H2,1H3,(H,44,45). The van der Waals surface area contributed by atoms with Crippen molar-refractivity contribution in [3.05, 3.63) is 79.9 Å². The number of hydrogen-bond donors (Lipinski definition) is 1. The largest absolute Gasteiger partial charge is 0.478 e. The van der Waals surface area contributed by atoms with E-state index in [1.54, 1.807) is 42.8 Å². The molecule has 0 saturated carbocycles. The number of thiophene rings is 1. The van der Waals surface area contributed by atoms with E-state index in [0.717, 1.165) is 18.7 Å². The highest BCUT2D eigenvalue weighted by atomic mass is 35.5. The van der Waals surface area contributed by atoms with E-state index in [2.05, 4.69) is 37.8 Å². The minimum absolute atomic E-state index is 0.0172. The lowest BCUT2D eigenvalue weighted by molar-refractivity contribution is -0.0245. The van der Waals surface area contributed by atoms with Gasteiger partial charge in [-0.15, -0.1) is 11.3 Å². The second-order valence-electron chi connectivity index (χ2n) is 11.6. The molecule has 4 aromatic heterocycles. The Balaban J connectivity index is 1.21. The molecule has 10 nitrogen and oxygen atoms in total. The normalized spacial score (nSPS) is 15.3. The number of halogens is 2. The number of aryl methyl sites for hydroxylation is 1. The summed E-state index contributed by atoms with van der Waals surface area (Å²) in [7, 11) is 0. The van der Waals surface area contributed by atoms with Gasteiger partial charge in [0, 0.05) is 71.4 Å². The molecule has 1 aromatic carbocycles. The SMILES string of the molecule is Cc1nc2cnc(N3CC4(CN(CCF)C4)C3)c(C#N)c2c(=O)n1CC#Cc1ccc(Cl)cc1-c1ccnc2c(C(=O)O)csc12. The maximum atomic E-state index is 13.8. The van der Waals surface area contributed by atoms with E-state index in [9.17, 15) is 24.3 Å². The van der Waals surface area contributed by atoms with Crippen LogP contribution >= 0.6 is 22.9 Å². The van der Waals surface area contributed by atoms with Crippen molar-refractivity contribution in [2.45, 2.75) is 13.5 Å². The average Bonchev–Trinajstić information content (AvgIpc) is 3.44. The van der Waals surface area contributed by atoms with Gasteiger partial charge in [0.1, 0.15) is 29.9 Å². The third-order valence-corrected chi connectivity index (χ3v) is 9.81. The topological polar surface area (TPSA) is 128 Å². The van der Waals surface area contributed by atoms with Crippen LogP contribution in [0.5, 0.6) is 0 Å². The Morgan fingerprint density at radius 3 is 2.74 bits per heavy atom. The average molecular weight is 654 g/mol. The zero-order chi connectivity index (χ0) is 32.2. The molecule has 2 aliphatic heterocycles. The first kappa shape index (κ1) is 29.8. The van der Waals surface area contributed by atoms with Gasteiger partial charge in [-0.1, -0.05) is 23.4 Å². The van der Waals surface area contributed by atoms with Crippen LogP contribution in [0.4, 0.5) is 10.2 Å². The smallest absolute Gasteiger partial charge is 0.338 e. The lowest BCUT2D eigenvalue weighted by Gasteiger charge is -2.60. The molecule has 0 bridgehead atoms. The van der Waals surface area contributed by atoms with Crippen LogP contribution in [0.2, 0.25) is 5.02 Å². The second-order valence-corrected chi connectivity index (χ2v) is 12.9. The van der Waals surface area contributed by atoms with E-state index >= 15 is 0 Å². The molecule has 13 heteroatoms. The summed E-state index contributed by atoms with van der Waals surface area (Å²) in [6.07, 6.45) is 3.09. The molecule has 7 rings (SSSR count). The van der Waals surface area contributed by atoms with Crippen molar-refractivity contribution < 1.29 is 14.3 Å². The Morgan fingerprint density at radius 2 is 2.00 bits per heavy atom. The summed E-state index contributed by atoms with van der Waals surface area (Å²) < 4.78 is 14.8. The van der Waals surface area contributed by atoms with Crippen LogP contribution in [0.3, 0.4) is 0 Å². The number of likely N-dealkylation sites (tertiary alicyclic amines) is 1. The van der Waals surface area contributed by atoms with Gasteiger partial charge in [0.25, 0.3) is 5.56 Å². The van der Waals surface area contributed by atoms with Crippen molar-refractivity contribution in [2.75, 3.05) is 44.3 Å². The Hall–Kier alpha value is -4.88. The van der Waals surface area contributed by atoms with Crippen LogP contribution in [-0.4, -0.2) is 74.9 Å². The third-order valence-electron chi connectivity index (χ3n) is 8.57. The molecule has 1 spiro atoms. The summed E-state index contributed by atoms with van der Waals surface area (Å²) >= 11 is 7.65. The molecule has 0 aliphatic carbocycles. The molecule has 5 aromatic rings. The molecule has 6 heterocycles. The van der Waals surface area contributed by atoms with Gasteiger partial charge in [0.15, 0.2) is 0 Å². The van der Waals surface area contributed by atoms with Gasteiger partial charge in [0.05, 0.1) is 39.4 Å². The highest BCUT2D eigenvalue weighted by molar-refractivity contribution is 7.18. The number of aromatic carboxylic acids is 1. The molecule has 46 heavy (non-hydrogen) atoms. The first-order valence-corrected chi connectivity index (χ1v) is 15.7. The summed E-state index contributed by atoms with van der Waals surface area (Å²) in [6, 6.07) is 9.26. The third kappa shape index (κ3) is 4.95. The van der Waals surface area contributed by atoms with Gasteiger partial charge in [-0.3, -0.25) is 19.2 Å². The fourth-order valence-electron chi connectivity index (χ4n) is 6.49. The number of carboxylic acids is 1. The van der Waals surface area contributed by atoms with Gasteiger partial charge < -0.3 is 10.0 Å². The highest BCUT2D eigenvalue weighted by Gasteiger charge is 2.52. The predicted octanol–water partition coefficient (Wildman–Crippen LogP) is 4.74. The molecule has 0 radical (unpaired) electrons. The monoisotopic (exact) mass is 653 g/mol. The molecule has 0 atom stereocenters. The zero-order valence-corrected chi connectivity index (χ0v) is 26.1. The number of anilines is 1. The molecule has 0 amide bonds. The Kier molecular flexibility index (Phi) is 7.44. The predicted molar refractivity (Wildman–Crippen MR) is 174 cm³/mol. The van der Waals surface area contributed by atoms with E-state index in [1.807, 2.05) is 4.90 Å². The van der Waals surface area contributed by atoms with Crippen LogP contribution < -0.4 is 10.5 Å². The fourth-order valence-corrected chi connectivity index (χ4v) is 7.69. The first-order valence-electron chi connectivity index (χ1n) is 14.4. The van der Waals surface area contributed by atoms with Gasteiger partial charge in [0.2, 0.25) is 0 Å². The lowest BCUT2D eigenvalue weighted by atomic mass is 9.72. The van der Waals surface area contributed by atoms with Crippen molar-refractivity contribution in [1.29, 1.82) is 5.26 Å². The molecule has 2 fully saturated rings. The molecule has 230 valence electrons. The minimum atomic E-state index is -1.05. The molecule has 1 N–H and O–H groups in total. The number of rotatable bonds is 6. The van der Waals surface area contributed by atoms with Gasteiger partial charge in [-0.2, -0.15) is 5.26 Å². The zero-order valence-electron chi connectivity index (χ0n) is 24.5. The summed E-state index contributed by atoms with van der Waals surface area (Å²) in [4.78, 5) is 43.0. The van der Waals surface area contributed by atoms with Crippen LogP contribution in [0.25, 0.3) is 32.2 Å². The van der Waals surface area contributed by atoms with E-state index in [4.69, 9.17) is 11.6 Å². The van der Waals surface area contributed by atoms with E-state index in [-0.39, 0.29) is 40.7 Å². The lowest BCUT2D eigenvalue weighted by Crippen LogP contribution is -2.72. The molecular weight excluding hydrogens is 629 g/mol. The first-order chi connectivity index (χ1) is 22.2. The van der Waals surface area contributed by atoms with Crippen LogP contribution in [0, 0.1) is 35.5 Å². The molecular formula is C33H25ClFN7O3S. The number of carboxylic acid groups (broad SMARTS) is 1. The second kappa shape index (κ2) is 11.5. The van der Waals surface area contributed by atoms with E-state index in [0.29, 0.717) is 63.2 Å². The van der Waals surface area contributed by atoms with E-state index < -0.39 is 5.97 Å². The maximum absolute atomic E-state index is 13.8. The number of nitriles is 1. The van der Waals surface area contributed by atoms with E-state index in [1.165, 1.54) is 22.1 Å². The van der Waals surface area contributed by atoms with Crippen molar-refractivity contribution in [2.24, 2.45) is 5.41 Å². The number of benzene rings is 1. The van der Waals surface area contributed by atoms with Crippen molar-refractivity contribution in [3.63, 3.8) is 0 Å². The quantitative estimate of drug-likeness (QED) is 0.258. The summed E-state index contributed by atoms with van der Waals surface area (Å²) in [6.45, 7) is 4.80. The van der Waals surface area contributed by atoms with Gasteiger partial charge >= 0.3 is 5.97 Å². The van der Waals surface area contributed by atoms with Crippen molar-refractivity contribution in [3.8, 4) is 29.0 Å². The summed E-state index contributed by atoms with van der Waals surface area (Å²) in [5, 5.41) is 22.0. The number of fused-ring (bicyclic) bond motifs is 2. The number of aromatic nitrogens is 4. The van der Waals surface area contributed by atoms with Crippen LogP contribution in [-0.2, 0) is 6.54 Å². The van der Waals surface area contributed by atoms with Crippen molar-refractivity contribution >= 4 is 55.8 Å². The van der Waals surface area contributed by atoms with Crippen LogP contribution in [0.1, 0.15) is 27.3 Å². The maximum Gasteiger partial charge on any atom is 0.338 e. The number of nitrogens with zero attached hydrogens (tertiary/aromatic N) is 7. The Morgan fingerprint density at radius 1 is 1.20 bits per heavy atom. The molecule has 0 unspecified atom stereocenters. The highest BCUT2D eigenvalue weighted by Crippen LogP contribution is 2.42. The summed E-state index contributed by atoms with van der Waals surface area (Å²) in [5.41, 5.74) is 2.84. The van der Waals surface area contributed by atoms with Gasteiger partial charge in [-0.05, 0) is 31.2 Å². The number of alkyl halides is 1. The molecule has 2 aliphatic rings. The number of hydrogen-bond acceptors (Lipinski definition) is 9. The van der Waals surface area contributed by atoms with Gasteiger partial charge in [-0.25, -0.2) is 19.2 Å². The Bertz CT molecular complexity index is 2240. The summed E-state index contributed by atoms with van der Waals surface area (Å²) in [5.74, 6) is 6.08. The number of pyridine rings is 2. The Labute approximate surface area is 271 Å². The van der Waals surface area contributed by atoms with Crippen molar-refractivity contribution in [1.82, 2.24) is 24.4 Å². The minimum Gasteiger partial charge on any atom is -0.478 e. The molecule has 2 saturated heterocycles. The fraction of sp³-hybridized carbons (Fsp3) is 0.273.